The SMILES string of the molecule is CCOC(=O)C(CC)n1/c(=N\C(=O)c2ccc3nc[nH]c3c2)sc2ccccc21. The molecule has 1 atom stereocenters. The molecule has 0 aliphatic carbocycles. The van der Waals surface area contributed by atoms with Crippen LogP contribution in [0.4, 0.5) is 0 Å². The summed E-state index contributed by atoms with van der Waals surface area (Å²) in [6.45, 7) is 3.99. The maximum absolute atomic E-state index is 12.9. The number of rotatable bonds is 5. The first-order valence-electron chi connectivity index (χ1n) is 9.41. The van der Waals surface area contributed by atoms with Crippen molar-refractivity contribution in [1.29, 1.82) is 0 Å². The molecule has 0 spiro atoms. The van der Waals surface area contributed by atoms with Crippen LogP contribution in [0.15, 0.2) is 53.8 Å². The summed E-state index contributed by atoms with van der Waals surface area (Å²) in [5, 5.41) is 0. The Hall–Kier alpha value is -3.26. The molecule has 0 saturated heterocycles. The molecule has 0 saturated carbocycles. The van der Waals surface area contributed by atoms with Gasteiger partial charge in [0.1, 0.15) is 6.04 Å². The smallest absolute Gasteiger partial charge is 0.329 e. The number of amides is 1. The number of para-hydroxylation sites is 1. The second kappa shape index (κ2) is 8.00. The maximum Gasteiger partial charge on any atom is 0.329 e. The first-order chi connectivity index (χ1) is 14.1. The van der Waals surface area contributed by atoms with E-state index >= 15 is 0 Å². The van der Waals surface area contributed by atoms with E-state index in [4.69, 9.17) is 4.74 Å². The first kappa shape index (κ1) is 19.1. The van der Waals surface area contributed by atoms with E-state index in [1.165, 1.54) is 11.3 Å². The Kier molecular flexibility index (Phi) is 5.26. The van der Waals surface area contributed by atoms with Crippen molar-refractivity contribution >= 4 is 44.5 Å². The number of aromatic amines is 1. The lowest BCUT2D eigenvalue weighted by Crippen LogP contribution is -2.29. The lowest BCUT2D eigenvalue weighted by Gasteiger charge is -2.16. The average molecular weight is 408 g/mol. The summed E-state index contributed by atoms with van der Waals surface area (Å²) in [6, 6.07) is 12.4. The van der Waals surface area contributed by atoms with Gasteiger partial charge in [0.15, 0.2) is 4.80 Å². The first-order valence-corrected chi connectivity index (χ1v) is 10.2. The monoisotopic (exact) mass is 408 g/mol. The van der Waals surface area contributed by atoms with Crippen LogP contribution in [0, 0.1) is 0 Å². The van der Waals surface area contributed by atoms with E-state index in [1.54, 1.807) is 31.5 Å². The number of imidazole rings is 1. The summed E-state index contributed by atoms with van der Waals surface area (Å²) in [5.74, 6) is -0.702. The average Bonchev–Trinajstić information content (AvgIpc) is 3.33. The van der Waals surface area contributed by atoms with E-state index in [-0.39, 0.29) is 11.9 Å². The second-order valence-corrected chi connectivity index (χ2v) is 7.46. The number of aromatic nitrogens is 3. The van der Waals surface area contributed by atoms with Crippen LogP contribution in [0.25, 0.3) is 21.3 Å². The van der Waals surface area contributed by atoms with Gasteiger partial charge in [-0.1, -0.05) is 30.4 Å². The number of hydrogen-bond donors (Lipinski definition) is 1. The number of carbonyl (C=O) groups is 2. The molecule has 0 radical (unpaired) electrons. The summed E-state index contributed by atoms with van der Waals surface area (Å²) < 4.78 is 8.02. The van der Waals surface area contributed by atoms with Crippen molar-refractivity contribution in [2.24, 2.45) is 4.99 Å². The van der Waals surface area contributed by atoms with E-state index in [0.29, 0.717) is 23.4 Å². The van der Waals surface area contributed by atoms with E-state index in [0.717, 1.165) is 21.3 Å². The Morgan fingerprint density at radius 2 is 2.07 bits per heavy atom. The lowest BCUT2D eigenvalue weighted by molar-refractivity contribution is -0.147. The molecule has 0 bridgehead atoms. The van der Waals surface area contributed by atoms with Crippen LogP contribution in [0.2, 0.25) is 0 Å². The molecule has 1 N–H and O–H groups in total. The number of H-pyrrole nitrogens is 1. The van der Waals surface area contributed by atoms with Crippen molar-refractivity contribution in [3.63, 3.8) is 0 Å². The summed E-state index contributed by atoms with van der Waals surface area (Å²) in [7, 11) is 0. The van der Waals surface area contributed by atoms with Gasteiger partial charge >= 0.3 is 5.97 Å². The van der Waals surface area contributed by atoms with E-state index in [9.17, 15) is 9.59 Å². The standard InChI is InChI=1S/C21H20N4O3S/c1-3-16(20(27)28-4-2)25-17-7-5-6-8-18(17)29-21(25)24-19(26)13-9-10-14-15(11-13)23-12-22-14/h5-12,16H,3-4H2,1-2H3,(H,22,23)/b24-21+. The summed E-state index contributed by atoms with van der Waals surface area (Å²) >= 11 is 1.38. The Morgan fingerprint density at radius 1 is 1.24 bits per heavy atom. The molecule has 29 heavy (non-hydrogen) atoms. The highest BCUT2D eigenvalue weighted by Crippen LogP contribution is 2.23. The Morgan fingerprint density at radius 3 is 2.86 bits per heavy atom. The molecular formula is C21H20N4O3S. The fourth-order valence-corrected chi connectivity index (χ4v) is 4.35. The van der Waals surface area contributed by atoms with Crippen molar-refractivity contribution in [3.8, 4) is 0 Å². The number of hydrogen-bond acceptors (Lipinski definition) is 5. The van der Waals surface area contributed by atoms with Gasteiger partial charge in [0.25, 0.3) is 5.91 Å². The number of esters is 1. The van der Waals surface area contributed by atoms with E-state index < -0.39 is 6.04 Å². The highest BCUT2D eigenvalue weighted by molar-refractivity contribution is 7.16. The molecule has 8 heteroatoms. The summed E-state index contributed by atoms with van der Waals surface area (Å²) in [5.41, 5.74) is 2.86. The van der Waals surface area contributed by atoms with Gasteiger partial charge in [0.2, 0.25) is 0 Å². The number of nitrogens with zero attached hydrogens (tertiary/aromatic N) is 3. The Balaban J connectivity index is 1.85. The quantitative estimate of drug-likeness (QED) is 0.508. The van der Waals surface area contributed by atoms with Crippen LogP contribution < -0.4 is 4.80 Å². The number of benzene rings is 2. The van der Waals surface area contributed by atoms with Crippen molar-refractivity contribution in [1.82, 2.24) is 14.5 Å². The summed E-state index contributed by atoms with van der Waals surface area (Å²) in [6.07, 6.45) is 2.11. The minimum atomic E-state index is -0.548. The van der Waals surface area contributed by atoms with Crippen molar-refractivity contribution in [2.75, 3.05) is 6.61 Å². The molecule has 2 aromatic carbocycles. The third kappa shape index (κ3) is 3.58. The van der Waals surface area contributed by atoms with Crippen LogP contribution in [0.1, 0.15) is 36.7 Å². The zero-order chi connectivity index (χ0) is 20.4. The number of carbonyl (C=O) groups excluding carboxylic acids is 2. The fraction of sp³-hybridized carbons (Fsp3) is 0.238. The van der Waals surface area contributed by atoms with Gasteiger partial charge in [-0.2, -0.15) is 4.99 Å². The van der Waals surface area contributed by atoms with Crippen LogP contribution >= 0.6 is 11.3 Å². The molecule has 148 valence electrons. The highest BCUT2D eigenvalue weighted by Gasteiger charge is 2.23. The van der Waals surface area contributed by atoms with Gasteiger partial charge in [0, 0.05) is 5.56 Å². The fourth-order valence-electron chi connectivity index (χ4n) is 3.28. The number of fused-ring (bicyclic) bond motifs is 2. The zero-order valence-corrected chi connectivity index (χ0v) is 16.9. The second-order valence-electron chi connectivity index (χ2n) is 6.45. The van der Waals surface area contributed by atoms with Crippen molar-refractivity contribution < 1.29 is 14.3 Å². The van der Waals surface area contributed by atoms with Crippen molar-refractivity contribution in [3.05, 3.63) is 59.2 Å². The summed E-state index contributed by atoms with van der Waals surface area (Å²) in [4.78, 5) is 37.5. The third-order valence-electron chi connectivity index (χ3n) is 4.65. The molecule has 2 heterocycles. The number of ether oxygens (including phenoxy) is 1. The molecule has 0 aliphatic rings. The van der Waals surface area contributed by atoms with E-state index in [1.807, 2.05) is 35.8 Å². The molecule has 4 aromatic rings. The predicted octanol–water partition coefficient (Wildman–Crippen LogP) is 3.83. The van der Waals surface area contributed by atoms with Crippen LogP contribution in [-0.4, -0.2) is 33.0 Å². The van der Waals surface area contributed by atoms with E-state index in [2.05, 4.69) is 15.0 Å². The lowest BCUT2D eigenvalue weighted by atomic mass is 10.2. The molecule has 1 amide bonds. The molecular weight excluding hydrogens is 388 g/mol. The third-order valence-corrected chi connectivity index (χ3v) is 5.69. The number of nitrogens with one attached hydrogen (secondary N) is 1. The van der Waals surface area contributed by atoms with Crippen LogP contribution in [-0.2, 0) is 9.53 Å². The van der Waals surface area contributed by atoms with Gasteiger partial charge in [-0.25, -0.2) is 9.78 Å². The molecule has 2 aromatic heterocycles. The minimum Gasteiger partial charge on any atom is -0.464 e. The van der Waals surface area contributed by atoms with Crippen LogP contribution in [0.3, 0.4) is 0 Å². The van der Waals surface area contributed by atoms with Gasteiger partial charge in [-0.15, -0.1) is 0 Å². The largest absolute Gasteiger partial charge is 0.464 e. The minimum absolute atomic E-state index is 0.299. The topological polar surface area (TPSA) is 89.3 Å². The predicted molar refractivity (Wildman–Crippen MR) is 112 cm³/mol. The van der Waals surface area contributed by atoms with Gasteiger partial charge < -0.3 is 14.3 Å². The van der Waals surface area contributed by atoms with Gasteiger partial charge in [-0.3, -0.25) is 4.79 Å². The molecule has 4 rings (SSSR count). The van der Waals surface area contributed by atoms with Crippen molar-refractivity contribution in [2.45, 2.75) is 26.3 Å². The molecule has 0 fully saturated rings. The Bertz CT molecular complexity index is 1270. The normalized spacial score (nSPS) is 13.1. The maximum atomic E-state index is 12.9. The number of thiazole rings is 1. The van der Waals surface area contributed by atoms with Crippen LogP contribution in [0.5, 0.6) is 0 Å². The molecule has 0 aliphatic heterocycles. The molecule has 1 unspecified atom stereocenters. The van der Waals surface area contributed by atoms with Gasteiger partial charge in [0.05, 0.1) is 34.2 Å². The van der Waals surface area contributed by atoms with Gasteiger partial charge in [-0.05, 0) is 43.7 Å². The molecule has 7 nitrogen and oxygen atoms in total. The highest BCUT2D eigenvalue weighted by atomic mass is 32.1. The zero-order valence-electron chi connectivity index (χ0n) is 16.1. The Labute approximate surface area is 170 Å².